The molecule has 17 heavy (non-hydrogen) atoms. The van der Waals surface area contributed by atoms with Crippen LogP contribution in [0, 0.1) is 0 Å². The summed E-state index contributed by atoms with van der Waals surface area (Å²) in [7, 11) is 0. The highest BCUT2D eigenvalue weighted by Crippen LogP contribution is 2.06. The van der Waals surface area contributed by atoms with Gasteiger partial charge in [-0.3, -0.25) is 10.1 Å². The first kappa shape index (κ1) is 11.1. The van der Waals surface area contributed by atoms with Crippen LogP contribution in [0.3, 0.4) is 0 Å². The van der Waals surface area contributed by atoms with Crippen LogP contribution in [0.15, 0.2) is 42.7 Å². The van der Waals surface area contributed by atoms with Crippen molar-refractivity contribution < 1.29 is 4.79 Å². The van der Waals surface area contributed by atoms with Gasteiger partial charge < -0.3 is 5.73 Å². The van der Waals surface area contributed by atoms with Gasteiger partial charge in [0.05, 0.1) is 6.42 Å². The maximum Gasteiger partial charge on any atom is 0.231 e. The van der Waals surface area contributed by atoms with Gasteiger partial charge in [-0.2, -0.15) is 0 Å². The fourth-order valence-corrected chi connectivity index (χ4v) is 1.35. The molecule has 5 heteroatoms. The van der Waals surface area contributed by atoms with E-state index >= 15 is 0 Å². The zero-order valence-electron chi connectivity index (χ0n) is 9.13. The van der Waals surface area contributed by atoms with E-state index in [4.69, 9.17) is 5.73 Å². The lowest BCUT2D eigenvalue weighted by molar-refractivity contribution is -0.115. The number of nitrogen functional groups attached to an aromatic ring is 1. The Bertz CT molecular complexity index is 496. The Morgan fingerprint density at radius 1 is 1.18 bits per heavy atom. The van der Waals surface area contributed by atoms with Crippen molar-refractivity contribution in [2.45, 2.75) is 6.42 Å². The van der Waals surface area contributed by atoms with E-state index in [0.717, 1.165) is 5.56 Å². The molecule has 5 nitrogen and oxygen atoms in total. The summed E-state index contributed by atoms with van der Waals surface area (Å²) in [6.45, 7) is 0. The Balaban J connectivity index is 1.96. The molecule has 0 spiro atoms. The number of rotatable bonds is 3. The van der Waals surface area contributed by atoms with Crippen molar-refractivity contribution in [2.24, 2.45) is 0 Å². The van der Waals surface area contributed by atoms with Crippen LogP contribution < -0.4 is 11.1 Å². The first-order valence-corrected chi connectivity index (χ1v) is 5.15. The van der Waals surface area contributed by atoms with Crippen LogP contribution in [0.2, 0.25) is 0 Å². The maximum atomic E-state index is 11.6. The third-order valence-electron chi connectivity index (χ3n) is 2.16. The minimum absolute atomic E-state index is 0.152. The molecular formula is C12H12N4O. The van der Waals surface area contributed by atoms with E-state index < -0.39 is 0 Å². The van der Waals surface area contributed by atoms with Crippen LogP contribution >= 0.6 is 0 Å². The van der Waals surface area contributed by atoms with Crippen LogP contribution in [-0.4, -0.2) is 15.9 Å². The van der Waals surface area contributed by atoms with Gasteiger partial charge in [0, 0.05) is 18.1 Å². The lowest BCUT2D eigenvalue weighted by Gasteiger charge is -2.03. The monoisotopic (exact) mass is 228 g/mol. The molecule has 0 saturated carbocycles. The van der Waals surface area contributed by atoms with Crippen molar-refractivity contribution in [1.82, 2.24) is 9.97 Å². The molecule has 2 rings (SSSR count). The summed E-state index contributed by atoms with van der Waals surface area (Å²) >= 11 is 0. The van der Waals surface area contributed by atoms with Gasteiger partial charge in [-0.05, 0) is 23.8 Å². The topological polar surface area (TPSA) is 80.9 Å². The standard InChI is InChI=1S/C12H12N4O/c13-10-4-2-9(3-5-10)8-11(17)16-12-14-6-1-7-15-12/h1-7H,8,13H2,(H,14,15,16,17). The Labute approximate surface area is 98.7 Å². The average Bonchev–Trinajstić information content (AvgIpc) is 2.33. The SMILES string of the molecule is Nc1ccc(CC(=O)Nc2ncccn2)cc1. The molecule has 2 aromatic rings. The molecule has 0 aliphatic heterocycles. The van der Waals surface area contributed by atoms with Crippen LogP contribution in [-0.2, 0) is 11.2 Å². The maximum absolute atomic E-state index is 11.6. The van der Waals surface area contributed by atoms with E-state index in [0.29, 0.717) is 11.6 Å². The van der Waals surface area contributed by atoms with Gasteiger partial charge in [-0.1, -0.05) is 12.1 Å². The normalized spacial score (nSPS) is 9.88. The van der Waals surface area contributed by atoms with E-state index in [9.17, 15) is 4.79 Å². The van der Waals surface area contributed by atoms with Crippen molar-refractivity contribution >= 4 is 17.5 Å². The Morgan fingerprint density at radius 2 is 1.82 bits per heavy atom. The summed E-state index contributed by atoms with van der Waals surface area (Å²) in [5.74, 6) is 0.161. The quantitative estimate of drug-likeness (QED) is 0.774. The molecule has 86 valence electrons. The molecule has 0 radical (unpaired) electrons. The number of benzene rings is 1. The molecule has 1 heterocycles. The molecule has 0 saturated heterocycles. The summed E-state index contributed by atoms with van der Waals surface area (Å²) in [5.41, 5.74) is 7.14. The summed E-state index contributed by atoms with van der Waals surface area (Å²) < 4.78 is 0. The predicted molar refractivity (Wildman–Crippen MR) is 65.2 cm³/mol. The molecule has 1 aromatic carbocycles. The fourth-order valence-electron chi connectivity index (χ4n) is 1.35. The van der Waals surface area contributed by atoms with Crippen molar-refractivity contribution in [3.63, 3.8) is 0 Å². The second kappa shape index (κ2) is 5.07. The Morgan fingerprint density at radius 3 is 2.47 bits per heavy atom. The highest BCUT2D eigenvalue weighted by atomic mass is 16.1. The number of hydrogen-bond donors (Lipinski definition) is 2. The van der Waals surface area contributed by atoms with Gasteiger partial charge in [-0.15, -0.1) is 0 Å². The van der Waals surface area contributed by atoms with Gasteiger partial charge in [0.15, 0.2) is 0 Å². The first-order chi connectivity index (χ1) is 8.24. The van der Waals surface area contributed by atoms with E-state index in [1.54, 1.807) is 30.6 Å². The molecule has 0 unspecified atom stereocenters. The number of nitrogens with zero attached hydrogens (tertiary/aromatic N) is 2. The highest BCUT2D eigenvalue weighted by Gasteiger charge is 2.04. The van der Waals surface area contributed by atoms with Gasteiger partial charge in [0.1, 0.15) is 0 Å². The Kier molecular flexibility index (Phi) is 3.30. The van der Waals surface area contributed by atoms with E-state index in [2.05, 4.69) is 15.3 Å². The molecular weight excluding hydrogens is 216 g/mol. The highest BCUT2D eigenvalue weighted by molar-refractivity contribution is 5.90. The predicted octanol–water partition coefficient (Wildman–Crippen LogP) is 1.24. The number of anilines is 2. The van der Waals surface area contributed by atoms with Crippen molar-refractivity contribution in [1.29, 1.82) is 0 Å². The fraction of sp³-hybridized carbons (Fsp3) is 0.0833. The first-order valence-electron chi connectivity index (χ1n) is 5.15. The molecule has 0 fully saturated rings. The minimum Gasteiger partial charge on any atom is -0.399 e. The van der Waals surface area contributed by atoms with Crippen LogP contribution in [0.25, 0.3) is 0 Å². The summed E-state index contributed by atoms with van der Waals surface area (Å²) in [6, 6.07) is 8.86. The molecule has 0 aliphatic carbocycles. The van der Waals surface area contributed by atoms with E-state index in [-0.39, 0.29) is 12.3 Å². The summed E-state index contributed by atoms with van der Waals surface area (Å²) in [6.07, 6.45) is 3.43. The number of carbonyl (C=O) groups is 1. The third kappa shape index (κ3) is 3.27. The van der Waals surface area contributed by atoms with E-state index in [1.807, 2.05) is 12.1 Å². The van der Waals surface area contributed by atoms with Crippen molar-refractivity contribution in [2.75, 3.05) is 11.1 Å². The van der Waals surface area contributed by atoms with Crippen LogP contribution in [0.1, 0.15) is 5.56 Å². The zero-order chi connectivity index (χ0) is 12.1. The second-order valence-electron chi connectivity index (χ2n) is 3.54. The number of amides is 1. The van der Waals surface area contributed by atoms with Gasteiger partial charge in [0.2, 0.25) is 11.9 Å². The van der Waals surface area contributed by atoms with Gasteiger partial charge in [-0.25, -0.2) is 9.97 Å². The minimum atomic E-state index is -0.152. The number of aromatic nitrogens is 2. The van der Waals surface area contributed by atoms with Gasteiger partial charge >= 0.3 is 0 Å². The molecule has 0 atom stereocenters. The van der Waals surface area contributed by atoms with Crippen molar-refractivity contribution in [3.8, 4) is 0 Å². The summed E-state index contributed by atoms with van der Waals surface area (Å²) in [4.78, 5) is 19.5. The number of nitrogens with one attached hydrogen (secondary N) is 1. The second-order valence-corrected chi connectivity index (χ2v) is 3.54. The number of carbonyl (C=O) groups excluding carboxylic acids is 1. The van der Waals surface area contributed by atoms with Crippen LogP contribution in [0.5, 0.6) is 0 Å². The summed E-state index contributed by atoms with van der Waals surface area (Å²) in [5, 5.41) is 2.61. The number of nitrogens with two attached hydrogens (primary N) is 1. The van der Waals surface area contributed by atoms with Crippen LogP contribution in [0.4, 0.5) is 11.6 Å². The third-order valence-corrected chi connectivity index (χ3v) is 2.16. The Hall–Kier alpha value is -2.43. The zero-order valence-corrected chi connectivity index (χ0v) is 9.13. The number of hydrogen-bond acceptors (Lipinski definition) is 4. The molecule has 1 aromatic heterocycles. The largest absolute Gasteiger partial charge is 0.399 e. The lowest BCUT2D eigenvalue weighted by atomic mass is 10.1. The average molecular weight is 228 g/mol. The lowest BCUT2D eigenvalue weighted by Crippen LogP contribution is -2.16. The van der Waals surface area contributed by atoms with Gasteiger partial charge in [0.25, 0.3) is 0 Å². The molecule has 0 aliphatic rings. The van der Waals surface area contributed by atoms with Crippen molar-refractivity contribution in [3.05, 3.63) is 48.3 Å². The molecule has 0 bridgehead atoms. The molecule has 1 amide bonds. The van der Waals surface area contributed by atoms with E-state index in [1.165, 1.54) is 0 Å². The smallest absolute Gasteiger partial charge is 0.231 e. The molecule has 3 N–H and O–H groups in total.